The first-order valence-electron chi connectivity index (χ1n) is 6.85. The van der Waals surface area contributed by atoms with Crippen molar-refractivity contribution in [3.05, 3.63) is 64.7 Å². The van der Waals surface area contributed by atoms with Gasteiger partial charge >= 0.3 is 0 Å². The lowest BCUT2D eigenvalue weighted by atomic mass is 10.1. The fourth-order valence-electron chi connectivity index (χ4n) is 1.91. The van der Waals surface area contributed by atoms with E-state index in [1.54, 1.807) is 6.07 Å². The predicted octanol–water partition coefficient (Wildman–Crippen LogP) is 3.39. The molecule has 0 saturated heterocycles. The summed E-state index contributed by atoms with van der Waals surface area (Å²) >= 11 is 6.01. The second kappa shape index (κ2) is 7.70. The Morgan fingerprint density at radius 1 is 1.19 bits per heavy atom. The molecule has 0 saturated carbocycles. The molecule has 0 aromatic heterocycles. The number of carbonyl (C=O) groups excluding carboxylic acids is 1. The maximum Gasteiger partial charge on any atom is 0.257 e. The number of hydrogen-bond acceptors (Lipinski definition) is 2. The summed E-state index contributed by atoms with van der Waals surface area (Å²) in [6, 6.07) is 15.5. The van der Waals surface area contributed by atoms with Crippen LogP contribution in [-0.4, -0.2) is 19.1 Å². The molecule has 0 bridgehead atoms. The summed E-state index contributed by atoms with van der Waals surface area (Å²) in [5.41, 5.74) is 2.24. The number of nitrogens with one attached hydrogen (secondary N) is 1. The van der Waals surface area contributed by atoms with E-state index in [1.807, 2.05) is 49.4 Å². The van der Waals surface area contributed by atoms with Crippen molar-refractivity contribution in [3.8, 4) is 5.75 Å². The zero-order chi connectivity index (χ0) is 15.1. The second-order valence-corrected chi connectivity index (χ2v) is 5.22. The van der Waals surface area contributed by atoms with Gasteiger partial charge in [0.25, 0.3) is 5.91 Å². The van der Waals surface area contributed by atoms with E-state index in [2.05, 4.69) is 5.32 Å². The fraction of sp³-hybridized carbons (Fsp3) is 0.235. The number of rotatable bonds is 6. The molecule has 0 aliphatic carbocycles. The van der Waals surface area contributed by atoms with Crippen molar-refractivity contribution in [2.45, 2.75) is 13.3 Å². The average Bonchev–Trinajstić information content (AvgIpc) is 2.49. The van der Waals surface area contributed by atoms with Crippen molar-refractivity contribution in [1.82, 2.24) is 5.32 Å². The van der Waals surface area contributed by atoms with E-state index in [4.69, 9.17) is 16.3 Å². The van der Waals surface area contributed by atoms with Crippen molar-refractivity contribution in [3.63, 3.8) is 0 Å². The summed E-state index contributed by atoms with van der Waals surface area (Å²) in [5.74, 6) is 0.387. The molecular formula is C17H18ClNO2. The molecular weight excluding hydrogens is 286 g/mol. The molecule has 1 N–H and O–H groups in total. The van der Waals surface area contributed by atoms with Crippen LogP contribution in [0.3, 0.4) is 0 Å². The Labute approximate surface area is 129 Å². The van der Waals surface area contributed by atoms with E-state index in [9.17, 15) is 4.79 Å². The van der Waals surface area contributed by atoms with Gasteiger partial charge in [-0.3, -0.25) is 4.79 Å². The first-order valence-corrected chi connectivity index (χ1v) is 7.22. The quantitative estimate of drug-likeness (QED) is 0.888. The summed E-state index contributed by atoms with van der Waals surface area (Å²) in [5, 5.41) is 3.34. The number of hydrogen-bond donors (Lipinski definition) is 1. The number of ether oxygens (including phenoxy) is 1. The highest BCUT2D eigenvalue weighted by Crippen LogP contribution is 2.24. The standard InChI is InChI=1S/C17H18ClNO2/c1-13-7-8-15(18)16(11-13)21-12-17(20)19-10-9-14-5-3-2-4-6-14/h2-8,11H,9-10,12H2,1H3,(H,19,20). The molecule has 0 fully saturated rings. The van der Waals surface area contributed by atoms with Gasteiger partial charge < -0.3 is 10.1 Å². The molecule has 2 aromatic rings. The normalized spacial score (nSPS) is 10.2. The van der Waals surface area contributed by atoms with Crippen LogP contribution < -0.4 is 10.1 Å². The summed E-state index contributed by atoms with van der Waals surface area (Å²) < 4.78 is 5.44. The van der Waals surface area contributed by atoms with Crippen LogP contribution in [0.5, 0.6) is 5.75 Å². The Morgan fingerprint density at radius 3 is 2.71 bits per heavy atom. The first-order chi connectivity index (χ1) is 10.1. The first kappa shape index (κ1) is 15.4. The summed E-state index contributed by atoms with van der Waals surface area (Å²) in [6.45, 7) is 2.51. The average molecular weight is 304 g/mol. The highest BCUT2D eigenvalue weighted by Gasteiger charge is 2.06. The number of carbonyl (C=O) groups is 1. The van der Waals surface area contributed by atoms with Crippen molar-refractivity contribution < 1.29 is 9.53 Å². The molecule has 0 aliphatic rings. The molecule has 1 amide bonds. The monoisotopic (exact) mass is 303 g/mol. The minimum atomic E-state index is -0.150. The van der Waals surface area contributed by atoms with Gasteiger partial charge in [-0.25, -0.2) is 0 Å². The topological polar surface area (TPSA) is 38.3 Å². The Balaban J connectivity index is 1.74. The number of amides is 1. The largest absolute Gasteiger partial charge is 0.482 e. The number of aryl methyl sites for hydroxylation is 1. The van der Waals surface area contributed by atoms with Gasteiger partial charge in [0.1, 0.15) is 5.75 Å². The van der Waals surface area contributed by atoms with E-state index >= 15 is 0 Å². The van der Waals surface area contributed by atoms with Gasteiger partial charge in [0.15, 0.2) is 6.61 Å². The smallest absolute Gasteiger partial charge is 0.257 e. The number of benzene rings is 2. The SMILES string of the molecule is Cc1ccc(Cl)c(OCC(=O)NCCc2ccccc2)c1. The van der Waals surface area contributed by atoms with Crippen LogP contribution in [0.15, 0.2) is 48.5 Å². The third-order valence-electron chi connectivity index (χ3n) is 3.02. The predicted molar refractivity (Wildman–Crippen MR) is 84.8 cm³/mol. The Morgan fingerprint density at radius 2 is 1.95 bits per heavy atom. The minimum Gasteiger partial charge on any atom is -0.482 e. The molecule has 0 aliphatic heterocycles. The molecule has 21 heavy (non-hydrogen) atoms. The van der Waals surface area contributed by atoms with E-state index in [-0.39, 0.29) is 12.5 Å². The highest BCUT2D eigenvalue weighted by atomic mass is 35.5. The van der Waals surface area contributed by atoms with E-state index in [1.165, 1.54) is 5.56 Å². The van der Waals surface area contributed by atoms with Gasteiger partial charge in [-0.05, 0) is 36.6 Å². The number of halogens is 1. The Hall–Kier alpha value is -2.00. The van der Waals surface area contributed by atoms with Crippen LogP contribution >= 0.6 is 11.6 Å². The summed E-state index contributed by atoms with van der Waals surface area (Å²) in [4.78, 5) is 11.7. The molecule has 0 spiro atoms. The lowest BCUT2D eigenvalue weighted by Gasteiger charge is -2.09. The Bertz CT molecular complexity index is 599. The van der Waals surface area contributed by atoms with Gasteiger partial charge in [0.2, 0.25) is 0 Å². The van der Waals surface area contributed by atoms with Gasteiger partial charge in [-0.15, -0.1) is 0 Å². The van der Waals surface area contributed by atoms with Crippen LogP contribution in [0, 0.1) is 6.92 Å². The molecule has 110 valence electrons. The maximum atomic E-state index is 11.7. The van der Waals surface area contributed by atoms with E-state index < -0.39 is 0 Å². The molecule has 3 nitrogen and oxygen atoms in total. The summed E-state index contributed by atoms with van der Waals surface area (Å²) in [6.07, 6.45) is 0.803. The molecule has 0 radical (unpaired) electrons. The van der Waals surface area contributed by atoms with Crippen molar-refractivity contribution in [2.24, 2.45) is 0 Å². The molecule has 2 aromatic carbocycles. The molecule has 2 rings (SSSR count). The van der Waals surface area contributed by atoms with Crippen molar-refractivity contribution in [2.75, 3.05) is 13.2 Å². The van der Waals surface area contributed by atoms with Gasteiger partial charge in [-0.2, -0.15) is 0 Å². The second-order valence-electron chi connectivity index (χ2n) is 4.81. The van der Waals surface area contributed by atoms with Gasteiger partial charge in [-0.1, -0.05) is 48.0 Å². The van der Waals surface area contributed by atoms with Crippen LogP contribution in [0.4, 0.5) is 0 Å². The molecule has 0 unspecified atom stereocenters. The van der Waals surface area contributed by atoms with Crippen LogP contribution in [-0.2, 0) is 11.2 Å². The van der Waals surface area contributed by atoms with E-state index in [0.717, 1.165) is 12.0 Å². The maximum absolute atomic E-state index is 11.7. The van der Waals surface area contributed by atoms with E-state index in [0.29, 0.717) is 17.3 Å². The minimum absolute atomic E-state index is 0.0298. The van der Waals surface area contributed by atoms with Crippen LogP contribution in [0.25, 0.3) is 0 Å². The zero-order valence-corrected chi connectivity index (χ0v) is 12.7. The molecule has 4 heteroatoms. The fourth-order valence-corrected chi connectivity index (χ4v) is 2.08. The molecule has 0 heterocycles. The summed E-state index contributed by atoms with van der Waals surface area (Å²) in [7, 11) is 0. The zero-order valence-electron chi connectivity index (χ0n) is 11.9. The Kier molecular flexibility index (Phi) is 5.64. The van der Waals surface area contributed by atoms with Crippen LogP contribution in [0.2, 0.25) is 5.02 Å². The van der Waals surface area contributed by atoms with Gasteiger partial charge in [0, 0.05) is 6.54 Å². The van der Waals surface area contributed by atoms with Crippen LogP contribution in [0.1, 0.15) is 11.1 Å². The third-order valence-corrected chi connectivity index (χ3v) is 3.34. The highest BCUT2D eigenvalue weighted by molar-refractivity contribution is 6.32. The van der Waals surface area contributed by atoms with Gasteiger partial charge in [0.05, 0.1) is 5.02 Å². The van der Waals surface area contributed by atoms with Crippen molar-refractivity contribution in [1.29, 1.82) is 0 Å². The third kappa shape index (κ3) is 5.12. The lowest BCUT2D eigenvalue weighted by molar-refractivity contribution is -0.123. The van der Waals surface area contributed by atoms with Crippen molar-refractivity contribution >= 4 is 17.5 Å². The molecule has 0 atom stereocenters. The lowest BCUT2D eigenvalue weighted by Crippen LogP contribution is -2.30.